The van der Waals surface area contributed by atoms with Crippen LogP contribution in [0.1, 0.15) is 12.1 Å². The number of aryl methyl sites for hydroxylation is 1. The number of fused-ring (bicyclic) bond motifs is 1. The Labute approximate surface area is 112 Å². The molecule has 100 valence electrons. The summed E-state index contributed by atoms with van der Waals surface area (Å²) in [6.45, 7) is 2.34. The molecule has 0 aromatic carbocycles. The number of imidazole rings is 1. The summed E-state index contributed by atoms with van der Waals surface area (Å²) in [5.41, 5.74) is 1.21. The highest BCUT2D eigenvalue weighted by molar-refractivity contribution is 5.79. The van der Waals surface area contributed by atoms with E-state index in [0.29, 0.717) is 26.3 Å². The summed E-state index contributed by atoms with van der Waals surface area (Å²) in [5, 5.41) is 0. The SMILES string of the molecule is C#CC1COCCN1C(=O)C1CCc2cncn2C1. The molecule has 5 nitrogen and oxygen atoms in total. The predicted octanol–water partition coefficient (Wildman–Crippen LogP) is 0.306. The minimum atomic E-state index is -0.217. The summed E-state index contributed by atoms with van der Waals surface area (Å²) in [4.78, 5) is 18.5. The average molecular weight is 259 g/mol. The van der Waals surface area contributed by atoms with Crippen molar-refractivity contribution in [3.8, 4) is 12.3 Å². The van der Waals surface area contributed by atoms with Crippen molar-refractivity contribution < 1.29 is 9.53 Å². The van der Waals surface area contributed by atoms with Crippen LogP contribution >= 0.6 is 0 Å². The molecule has 1 aromatic rings. The lowest BCUT2D eigenvalue weighted by molar-refractivity contribution is -0.143. The molecule has 2 aliphatic heterocycles. The molecule has 19 heavy (non-hydrogen) atoms. The molecular formula is C14H17N3O2. The van der Waals surface area contributed by atoms with Crippen LogP contribution in [0, 0.1) is 18.3 Å². The molecule has 0 aliphatic carbocycles. The molecule has 1 saturated heterocycles. The van der Waals surface area contributed by atoms with Gasteiger partial charge in [0.2, 0.25) is 5.91 Å². The molecule has 1 amide bonds. The number of carbonyl (C=O) groups excluding carboxylic acids is 1. The van der Waals surface area contributed by atoms with Crippen LogP contribution < -0.4 is 0 Å². The third kappa shape index (κ3) is 2.24. The largest absolute Gasteiger partial charge is 0.376 e. The topological polar surface area (TPSA) is 47.4 Å². The summed E-state index contributed by atoms with van der Waals surface area (Å²) in [6, 6.07) is -0.217. The van der Waals surface area contributed by atoms with Gasteiger partial charge in [0.05, 0.1) is 25.5 Å². The highest BCUT2D eigenvalue weighted by Gasteiger charge is 2.33. The van der Waals surface area contributed by atoms with E-state index in [0.717, 1.165) is 12.8 Å². The highest BCUT2D eigenvalue weighted by Crippen LogP contribution is 2.23. The Morgan fingerprint density at radius 2 is 2.47 bits per heavy atom. The fourth-order valence-electron chi connectivity index (χ4n) is 2.81. The number of terminal acetylenes is 1. The zero-order chi connectivity index (χ0) is 13.2. The third-order valence-corrected chi connectivity index (χ3v) is 3.92. The molecule has 0 bridgehead atoms. The average Bonchev–Trinajstić information content (AvgIpc) is 2.93. The van der Waals surface area contributed by atoms with Crippen LogP contribution in [0.25, 0.3) is 0 Å². The van der Waals surface area contributed by atoms with Crippen LogP contribution in [0.15, 0.2) is 12.5 Å². The van der Waals surface area contributed by atoms with E-state index in [4.69, 9.17) is 11.2 Å². The van der Waals surface area contributed by atoms with Crippen molar-refractivity contribution in [3.05, 3.63) is 18.2 Å². The normalized spacial score (nSPS) is 26.6. The van der Waals surface area contributed by atoms with Crippen molar-refractivity contribution in [2.45, 2.75) is 25.4 Å². The molecule has 0 saturated carbocycles. The van der Waals surface area contributed by atoms with E-state index in [1.54, 1.807) is 11.2 Å². The van der Waals surface area contributed by atoms with Crippen LogP contribution in [0.3, 0.4) is 0 Å². The van der Waals surface area contributed by atoms with Crippen LogP contribution in [0.4, 0.5) is 0 Å². The number of aromatic nitrogens is 2. The Morgan fingerprint density at radius 1 is 1.58 bits per heavy atom. The minimum absolute atomic E-state index is 0.00986. The summed E-state index contributed by atoms with van der Waals surface area (Å²) >= 11 is 0. The molecule has 0 N–H and O–H groups in total. The molecule has 2 atom stereocenters. The molecular weight excluding hydrogens is 242 g/mol. The fourth-order valence-corrected chi connectivity index (χ4v) is 2.81. The Morgan fingerprint density at radius 3 is 3.32 bits per heavy atom. The van der Waals surface area contributed by atoms with Gasteiger partial charge in [-0.25, -0.2) is 4.98 Å². The lowest BCUT2D eigenvalue weighted by Crippen LogP contribution is -2.51. The number of amides is 1. The van der Waals surface area contributed by atoms with E-state index in [9.17, 15) is 4.79 Å². The van der Waals surface area contributed by atoms with Crippen molar-refractivity contribution in [3.63, 3.8) is 0 Å². The van der Waals surface area contributed by atoms with Crippen molar-refractivity contribution >= 4 is 5.91 Å². The molecule has 0 spiro atoms. The van der Waals surface area contributed by atoms with Gasteiger partial charge in [0, 0.05) is 25.0 Å². The highest BCUT2D eigenvalue weighted by atomic mass is 16.5. The van der Waals surface area contributed by atoms with Crippen molar-refractivity contribution in [1.29, 1.82) is 0 Å². The van der Waals surface area contributed by atoms with Gasteiger partial charge in [-0.3, -0.25) is 4.79 Å². The first-order chi connectivity index (χ1) is 9.29. The van der Waals surface area contributed by atoms with Gasteiger partial charge < -0.3 is 14.2 Å². The van der Waals surface area contributed by atoms with Gasteiger partial charge in [0.25, 0.3) is 0 Å². The van der Waals surface area contributed by atoms with E-state index >= 15 is 0 Å². The lowest BCUT2D eigenvalue weighted by Gasteiger charge is -2.36. The Kier molecular flexibility index (Phi) is 3.26. The summed E-state index contributed by atoms with van der Waals surface area (Å²) < 4.78 is 7.40. The smallest absolute Gasteiger partial charge is 0.228 e. The number of hydrogen-bond donors (Lipinski definition) is 0. The number of carbonyl (C=O) groups is 1. The molecule has 5 heteroatoms. The first-order valence-electron chi connectivity index (χ1n) is 6.63. The van der Waals surface area contributed by atoms with E-state index in [1.807, 2.05) is 6.20 Å². The first kappa shape index (κ1) is 12.2. The molecule has 1 aromatic heterocycles. The van der Waals surface area contributed by atoms with Gasteiger partial charge >= 0.3 is 0 Å². The van der Waals surface area contributed by atoms with Crippen LogP contribution in [-0.2, 0) is 22.5 Å². The zero-order valence-corrected chi connectivity index (χ0v) is 10.8. The quantitative estimate of drug-likeness (QED) is 0.682. The van der Waals surface area contributed by atoms with Gasteiger partial charge in [0.15, 0.2) is 0 Å². The van der Waals surface area contributed by atoms with Crippen molar-refractivity contribution in [2.75, 3.05) is 19.8 Å². The predicted molar refractivity (Wildman–Crippen MR) is 69.2 cm³/mol. The Bertz CT molecular complexity index is 517. The van der Waals surface area contributed by atoms with Gasteiger partial charge in [-0.2, -0.15) is 0 Å². The number of nitrogens with zero attached hydrogens (tertiary/aromatic N) is 3. The maximum Gasteiger partial charge on any atom is 0.228 e. The molecule has 2 aliphatic rings. The van der Waals surface area contributed by atoms with Gasteiger partial charge in [0.1, 0.15) is 6.04 Å². The summed E-state index contributed by atoms with van der Waals surface area (Å²) in [5.74, 6) is 2.82. The molecule has 3 heterocycles. The molecule has 1 fully saturated rings. The fraction of sp³-hybridized carbons (Fsp3) is 0.571. The zero-order valence-electron chi connectivity index (χ0n) is 10.8. The lowest BCUT2D eigenvalue weighted by atomic mass is 9.96. The van der Waals surface area contributed by atoms with Gasteiger partial charge in [-0.05, 0) is 12.8 Å². The maximum absolute atomic E-state index is 12.6. The standard InChI is InChI=1S/C14H17N3O2/c1-2-12-9-19-6-5-17(12)14(18)11-3-4-13-7-15-10-16(13)8-11/h1,7,10-12H,3-6,8-9H2. The van der Waals surface area contributed by atoms with E-state index < -0.39 is 0 Å². The van der Waals surface area contributed by atoms with Crippen molar-refractivity contribution in [1.82, 2.24) is 14.5 Å². The Hall–Kier alpha value is -1.80. The minimum Gasteiger partial charge on any atom is -0.376 e. The number of hydrogen-bond acceptors (Lipinski definition) is 3. The second-order valence-corrected chi connectivity index (χ2v) is 5.06. The molecule has 0 radical (unpaired) electrons. The summed E-state index contributed by atoms with van der Waals surface area (Å²) in [6.07, 6.45) is 10.9. The number of rotatable bonds is 1. The van der Waals surface area contributed by atoms with E-state index in [1.165, 1.54) is 5.69 Å². The molecule has 2 unspecified atom stereocenters. The monoisotopic (exact) mass is 259 g/mol. The van der Waals surface area contributed by atoms with Crippen LogP contribution in [-0.4, -0.2) is 46.2 Å². The maximum atomic E-state index is 12.6. The second kappa shape index (κ2) is 5.06. The van der Waals surface area contributed by atoms with Gasteiger partial charge in [-0.1, -0.05) is 5.92 Å². The number of ether oxygens (including phenoxy) is 1. The third-order valence-electron chi connectivity index (χ3n) is 3.92. The van der Waals surface area contributed by atoms with Crippen LogP contribution in [0.2, 0.25) is 0 Å². The Balaban J connectivity index is 1.72. The van der Waals surface area contributed by atoms with E-state index in [-0.39, 0.29) is 17.9 Å². The van der Waals surface area contributed by atoms with E-state index in [2.05, 4.69) is 15.5 Å². The summed E-state index contributed by atoms with van der Waals surface area (Å²) in [7, 11) is 0. The van der Waals surface area contributed by atoms with Gasteiger partial charge in [-0.15, -0.1) is 6.42 Å². The van der Waals surface area contributed by atoms with Crippen LogP contribution in [0.5, 0.6) is 0 Å². The van der Waals surface area contributed by atoms with Crippen molar-refractivity contribution in [2.24, 2.45) is 5.92 Å². The second-order valence-electron chi connectivity index (χ2n) is 5.06. The number of morpholine rings is 1. The first-order valence-corrected chi connectivity index (χ1v) is 6.63. The molecule has 3 rings (SSSR count).